The third-order valence-electron chi connectivity index (χ3n) is 2.44. The summed E-state index contributed by atoms with van der Waals surface area (Å²) in [5.74, 6) is 0.333. The van der Waals surface area contributed by atoms with Gasteiger partial charge in [0, 0.05) is 6.07 Å². The number of rotatable bonds is 2. The summed E-state index contributed by atoms with van der Waals surface area (Å²) in [6, 6.07) is 5.07. The molecule has 1 rings (SSSR count). The molecular weight excluding hydrogens is 230 g/mol. The van der Waals surface area contributed by atoms with Gasteiger partial charge in [0.05, 0.1) is 4.92 Å². The highest BCUT2D eigenvalue weighted by atomic mass is 16.6. The smallest absolute Gasteiger partial charge is 0.310 e. The summed E-state index contributed by atoms with van der Waals surface area (Å²) in [6.45, 7) is 11.8. The fourth-order valence-electron chi connectivity index (χ4n) is 1.54. The molecule has 0 unspecified atom stereocenters. The summed E-state index contributed by atoms with van der Waals surface area (Å²) in [5.41, 5.74) is 0.511. The molecule has 0 saturated heterocycles. The van der Waals surface area contributed by atoms with Crippen molar-refractivity contribution in [2.45, 2.75) is 52.6 Å². The van der Waals surface area contributed by atoms with E-state index in [0.29, 0.717) is 5.75 Å². The monoisotopic (exact) mass is 251 g/mol. The Morgan fingerprint density at radius 3 is 2.06 bits per heavy atom. The van der Waals surface area contributed by atoms with E-state index in [1.807, 2.05) is 20.8 Å². The summed E-state index contributed by atoms with van der Waals surface area (Å²) >= 11 is 0. The average Bonchev–Trinajstić information content (AvgIpc) is 2.12. The standard InChI is InChI=1S/C14H21NO3/c1-13(2,3)10-7-8-11(15(16)17)12(9-10)18-14(4,5)6/h7-9H,1-6H3. The number of ether oxygens (including phenoxy) is 1. The van der Waals surface area contributed by atoms with Gasteiger partial charge in [0.2, 0.25) is 0 Å². The molecular formula is C14H21NO3. The van der Waals surface area contributed by atoms with E-state index in [9.17, 15) is 10.1 Å². The Morgan fingerprint density at radius 1 is 1.11 bits per heavy atom. The molecule has 0 spiro atoms. The summed E-state index contributed by atoms with van der Waals surface area (Å²) in [4.78, 5) is 10.6. The van der Waals surface area contributed by atoms with Gasteiger partial charge >= 0.3 is 5.69 Å². The zero-order chi connectivity index (χ0) is 14.1. The number of hydrogen-bond donors (Lipinski definition) is 0. The van der Waals surface area contributed by atoms with Crippen LogP contribution in [0.3, 0.4) is 0 Å². The zero-order valence-corrected chi connectivity index (χ0v) is 11.9. The third kappa shape index (κ3) is 3.72. The minimum Gasteiger partial charge on any atom is -0.481 e. The van der Waals surface area contributed by atoms with E-state index in [4.69, 9.17) is 4.74 Å². The van der Waals surface area contributed by atoms with Gasteiger partial charge in [-0.05, 0) is 37.8 Å². The van der Waals surface area contributed by atoms with Gasteiger partial charge in [0.1, 0.15) is 5.60 Å². The van der Waals surface area contributed by atoms with Crippen molar-refractivity contribution in [3.8, 4) is 5.75 Å². The molecule has 0 aliphatic heterocycles. The van der Waals surface area contributed by atoms with E-state index in [-0.39, 0.29) is 11.1 Å². The average molecular weight is 251 g/mol. The van der Waals surface area contributed by atoms with Crippen LogP contribution in [0.1, 0.15) is 47.1 Å². The van der Waals surface area contributed by atoms with Crippen molar-refractivity contribution in [3.63, 3.8) is 0 Å². The van der Waals surface area contributed by atoms with Gasteiger partial charge in [0.25, 0.3) is 0 Å². The molecule has 4 heteroatoms. The molecule has 0 N–H and O–H groups in total. The predicted octanol–water partition coefficient (Wildman–Crippen LogP) is 4.07. The van der Waals surface area contributed by atoms with Crippen LogP contribution in [-0.2, 0) is 5.41 Å². The Hall–Kier alpha value is -1.58. The van der Waals surface area contributed by atoms with Gasteiger partial charge < -0.3 is 4.74 Å². The molecule has 100 valence electrons. The quantitative estimate of drug-likeness (QED) is 0.588. The van der Waals surface area contributed by atoms with Crippen LogP contribution in [0.25, 0.3) is 0 Å². The first-order valence-corrected chi connectivity index (χ1v) is 5.99. The molecule has 18 heavy (non-hydrogen) atoms. The molecule has 0 bridgehead atoms. The largest absolute Gasteiger partial charge is 0.481 e. The molecule has 0 aromatic heterocycles. The second-order valence-corrected chi connectivity index (χ2v) is 6.40. The lowest BCUT2D eigenvalue weighted by atomic mass is 9.87. The molecule has 4 nitrogen and oxygen atoms in total. The molecule has 0 heterocycles. The first-order chi connectivity index (χ1) is 8.00. The molecule has 0 aliphatic rings. The van der Waals surface area contributed by atoms with Crippen molar-refractivity contribution >= 4 is 5.69 Å². The summed E-state index contributed by atoms with van der Waals surface area (Å²) in [7, 11) is 0. The molecule has 0 atom stereocenters. The van der Waals surface area contributed by atoms with E-state index in [2.05, 4.69) is 20.8 Å². The van der Waals surface area contributed by atoms with Gasteiger partial charge in [-0.3, -0.25) is 10.1 Å². The second kappa shape index (κ2) is 4.59. The maximum atomic E-state index is 11.0. The molecule has 0 aliphatic carbocycles. The predicted molar refractivity (Wildman–Crippen MR) is 72.2 cm³/mol. The van der Waals surface area contributed by atoms with Gasteiger partial charge in [-0.2, -0.15) is 0 Å². The van der Waals surface area contributed by atoms with Crippen molar-refractivity contribution in [2.75, 3.05) is 0 Å². The van der Waals surface area contributed by atoms with Crippen molar-refractivity contribution in [3.05, 3.63) is 33.9 Å². The highest BCUT2D eigenvalue weighted by molar-refractivity contribution is 5.50. The van der Waals surface area contributed by atoms with Crippen LogP contribution in [0.2, 0.25) is 0 Å². The fraction of sp³-hybridized carbons (Fsp3) is 0.571. The molecule has 1 aromatic rings. The minimum absolute atomic E-state index is 0.0120. The van der Waals surface area contributed by atoms with Crippen LogP contribution in [0.4, 0.5) is 5.69 Å². The highest BCUT2D eigenvalue weighted by Crippen LogP contribution is 2.34. The number of nitro benzene ring substituents is 1. The topological polar surface area (TPSA) is 52.4 Å². The Morgan fingerprint density at radius 2 is 1.67 bits per heavy atom. The SMILES string of the molecule is CC(C)(C)Oc1cc(C(C)(C)C)ccc1[N+](=O)[O-]. The Bertz CT molecular complexity index is 453. The Labute approximate surface area is 108 Å². The lowest BCUT2D eigenvalue weighted by Gasteiger charge is -2.24. The lowest BCUT2D eigenvalue weighted by Crippen LogP contribution is -2.24. The molecule has 0 amide bonds. The van der Waals surface area contributed by atoms with Crippen molar-refractivity contribution in [2.24, 2.45) is 0 Å². The maximum absolute atomic E-state index is 11.0. The van der Waals surface area contributed by atoms with Crippen molar-refractivity contribution < 1.29 is 9.66 Å². The van der Waals surface area contributed by atoms with Crippen LogP contribution < -0.4 is 4.74 Å². The first kappa shape index (κ1) is 14.5. The number of benzene rings is 1. The number of hydrogen-bond acceptors (Lipinski definition) is 3. The van der Waals surface area contributed by atoms with E-state index in [1.165, 1.54) is 6.07 Å². The molecule has 0 saturated carbocycles. The van der Waals surface area contributed by atoms with E-state index in [1.54, 1.807) is 12.1 Å². The van der Waals surface area contributed by atoms with E-state index >= 15 is 0 Å². The summed E-state index contributed by atoms with van der Waals surface area (Å²) in [6.07, 6.45) is 0. The maximum Gasteiger partial charge on any atom is 0.310 e. The van der Waals surface area contributed by atoms with Crippen LogP contribution in [0, 0.1) is 10.1 Å². The van der Waals surface area contributed by atoms with Crippen LogP contribution in [-0.4, -0.2) is 10.5 Å². The molecule has 0 radical (unpaired) electrons. The van der Waals surface area contributed by atoms with Gasteiger partial charge in [0.15, 0.2) is 5.75 Å². The first-order valence-electron chi connectivity index (χ1n) is 5.99. The van der Waals surface area contributed by atoms with Gasteiger partial charge in [-0.1, -0.05) is 26.8 Å². The van der Waals surface area contributed by atoms with Crippen LogP contribution in [0.15, 0.2) is 18.2 Å². The van der Waals surface area contributed by atoms with E-state index in [0.717, 1.165) is 5.56 Å². The third-order valence-corrected chi connectivity index (χ3v) is 2.44. The van der Waals surface area contributed by atoms with Crippen LogP contribution >= 0.6 is 0 Å². The molecule has 1 aromatic carbocycles. The molecule has 0 fully saturated rings. The normalized spacial score (nSPS) is 12.3. The second-order valence-electron chi connectivity index (χ2n) is 6.40. The Balaban J connectivity index is 3.29. The highest BCUT2D eigenvalue weighted by Gasteiger charge is 2.24. The van der Waals surface area contributed by atoms with Crippen molar-refractivity contribution in [1.29, 1.82) is 0 Å². The summed E-state index contributed by atoms with van der Waals surface area (Å²) < 4.78 is 5.69. The number of nitrogens with zero attached hydrogens (tertiary/aromatic N) is 1. The zero-order valence-electron chi connectivity index (χ0n) is 11.9. The van der Waals surface area contributed by atoms with E-state index < -0.39 is 10.5 Å². The lowest BCUT2D eigenvalue weighted by molar-refractivity contribution is -0.386. The summed E-state index contributed by atoms with van der Waals surface area (Å²) in [5, 5.41) is 11.0. The van der Waals surface area contributed by atoms with Crippen molar-refractivity contribution in [1.82, 2.24) is 0 Å². The van der Waals surface area contributed by atoms with Crippen LogP contribution in [0.5, 0.6) is 5.75 Å². The van der Waals surface area contributed by atoms with Gasteiger partial charge in [-0.25, -0.2) is 0 Å². The minimum atomic E-state index is -0.457. The number of nitro groups is 1. The Kier molecular flexibility index (Phi) is 3.70. The fourth-order valence-corrected chi connectivity index (χ4v) is 1.54. The van der Waals surface area contributed by atoms with Gasteiger partial charge in [-0.15, -0.1) is 0 Å².